The molecule has 28 heavy (non-hydrogen) atoms. The smallest absolute Gasteiger partial charge is 0.282 e. The second-order valence-corrected chi connectivity index (χ2v) is 9.78. The lowest BCUT2D eigenvalue weighted by molar-refractivity contribution is 0.0995. The van der Waals surface area contributed by atoms with Crippen LogP contribution in [0.25, 0.3) is 0 Å². The molecule has 0 bridgehead atoms. The van der Waals surface area contributed by atoms with Crippen molar-refractivity contribution in [2.45, 2.75) is 65.1 Å². The summed E-state index contributed by atoms with van der Waals surface area (Å²) in [6, 6.07) is 4.88. The van der Waals surface area contributed by atoms with E-state index in [1.807, 2.05) is 6.20 Å². The molecule has 2 aromatic rings. The van der Waals surface area contributed by atoms with Crippen molar-refractivity contribution in [2.24, 2.45) is 4.99 Å². The summed E-state index contributed by atoms with van der Waals surface area (Å²) >= 11 is 7.47. The van der Waals surface area contributed by atoms with Crippen molar-refractivity contribution < 1.29 is 13.9 Å². The molecular formula is C21H28ClFN2O2S. The van der Waals surface area contributed by atoms with E-state index in [0.717, 1.165) is 5.56 Å². The molecule has 7 heteroatoms. The Bertz CT molecular complexity index is 904. The molecule has 0 saturated heterocycles. The lowest BCUT2D eigenvalue weighted by Crippen LogP contribution is -2.18. The zero-order chi connectivity index (χ0) is 21.1. The number of hydrogen-bond acceptors (Lipinski definition) is 3. The van der Waals surface area contributed by atoms with Crippen LogP contribution in [0.4, 0.5) is 4.39 Å². The minimum atomic E-state index is -1.21. The average Bonchev–Trinajstić information content (AvgIpc) is 2.96. The first-order chi connectivity index (χ1) is 12.9. The van der Waals surface area contributed by atoms with E-state index in [1.54, 1.807) is 32.0 Å². The van der Waals surface area contributed by atoms with Crippen molar-refractivity contribution in [2.75, 3.05) is 7.11 Å². The molecule has 2 rings (SSSR count). The molecule has 0 aliphatic carbocycles. The molecule has 1 aromatic heterocycles. The molecule has 1 heterocycles. The first-order valence-corrected chi connectivity index (χ1v) is 10.4. The van der Waals surface area contributed by atoms with Crippen LogP contribution in [0.5, 0.6) is 5.75 Å². The Morgan fingerprint density at radius 2 is 1.96 bits per heavy atom. The van der Waals surface area contributed by atoms with Crippen LogP contribution in [0.2, 0.25) is 5.02 Å². The molecular weight excluding hydrogens is 399 g/mol. The molecule has 0 aliphatic rings. The SMILES string of the molecule is COc1ccc(Cl)cc1C(=O)/N=c1\sn(C(C)(C)C)cc1CCCC(C)(C)F. The van der Waals surface area contributed by atoms with Gasteiger partial charge in [0.05, 0.1) is 12.7 Å². The summed E-state index contributed by atoms with van der Waals surface area (Å²) in [7, 11) is 1.50. The minimum Gasteiger partial charge on any atom is -0.496 e. The van der Waals surface area contributed by atoms with Gasteiger partial charge in [-0.25, -0.2) is 4.39 Å². The summed E-state index contributed by atoms with van der Waals surface area (Å²) in [4.78, 5) is 17.2. The van der Waals surface area contributed by atoms with E-state index < -0.39 is 11.6 Å². The number of carbonyl (C=O) groups excluding carboxylic acids is 1. The fourth-order valence-corrected chi connectivity index (χ4v) is 3.88. The Labute approximate surface area is 175 Å². The summed E-state index contributed by atoms with van der Waals surface area (Å²) in [5.41, 5.74) is -0.0826. The normalized spacial score (nSPS) is 13.1. The standard InChI is InChI=1S/C21H28ClFN2O2S/c1-20(2,3)25-13-14(8-7-11-21(4,5)23)19(28-25)24-18(26)16-12-15(22)9-10-17(16)27-6/h9-10,12-13H,7-8,11H2,1-6H3/b24-19-. The fraction of sp³-hybridized carbons (Fsp3) is 0.524. The van der Waals surface area contributed by atoms with E-state index in [4.69, 9.17) is 16.3 Å². The molecule has 0 N–H and O–H groups in total. The number of benzene rings is 1. The number of ether oxygens (including phenoxy) is 1. The number of nitrogens with zero attached hydrogens (tertiary/aromatic N) is 2. The van der Waals surface area contributed by atoms with Gasteiger partial charge < -0.3 is 4.74 Å². The van der Waals surface area contributed by atoms with Gasteiger partial charge in [0.25, 0.3) is 5.91 Å². The fourth-order valence-electron chi connectivity index (χ4n) is 2.67. The molecule has 1 amide bonds. The van der Waals surface area contributed by atoms with Crippen LogP contribution in [0, 0.1) is 0 Å². The van der Waals surface area contributed by atoms with Crippen LogP contribution < -0.4 is 9.41 Å². The third-order valence-corrected chi connectivity index (χ3v) is 5.82. The predicted molar refractivity (Wildman–Crippen MR) is 113 cm³/mol. The van der Waals surface area contributed by atoms with Gasteiger partial charge >= 0.3 is 0 Å². The Kier molecular flexibility index (Phi) is 7.10. The summed E-state index contributed by atoms with van der Waals surface area (Å²) in [6.45, 7) is 9.42. The molecule has 0 radical (unpaired) electrons. The number of rotatable bonds is 6. The van der Waals surface area contributed by atoms with Crippen LogP contribution >= 0.6 is 23.1 Å². The number of hydrogen-bond donors (Lipinski definition) is 0. The highest BCUT2D eigenvalue weighted by atomic mass is 35.5. The molecule has 0 fully saturated rings. The van der Waals surface area contributed by atoms with Crippen LogP contribution in [-0.2, 0) is 12.0 Å². The molecule has 154 valence electrons. The van der Waals surface area contributed by atoms with Gasteiger partial charge in [-0.3, -0.25) is 8.75 Å². The second-order valence-electron chi connectivity index (χ2n) is 8.38. The summed E-state index contributed by atoms with van der Waals surface area (Å²) in [6.07, 6.45) is 3.80. The zero-order valence-electron chi connectivity index (χ0n) is 17.3. The molecule has 0 atom stereocenters. The van der Waals surface area contributed by atoms with Crippen LogP contribution in [0.3, 0.4) is 0 Å². The van der Waals surface area contributed by atoms with Gasteiger partial charge in [-0.2, -0.15) is 4.99 Å². The highest BCUT2D eigenvalue weighted by molar-refractivity contribution is 7.04. The lowest BCUT2D eigenvalue weighted by Gasteiger charge is -2.19. The number of amides is 1. The summed E-state index contributed by atoms with van der Waals surface area (Å²) in [5, 5.41) is 0.445. The van der Waals surface area contributed by atoms with Gasteiger partial charge in [0.1, 0.15) is 16.1 Å². The summed E-state index contributed by atoms with van der Waals surface area (Å²) in [5.74, 6) is 0.0217. The third-order valence-electron chi connectivity index (χ3n) is 4.21. The summed E-state index contributed by atoms with van der Waals surface area (Å²) < 4.78 is 21.8. The monoisotopic (exact) mass is 426 g/mol. The first kappa shape index (κ1) is 22.6. The molecule has 0 spiro atoms. The van der Waals surface area contributed by atoms with Gasteiger partial charge in [-0.15, -0.1) is 0 Å². The van der Waals surface area contributed by atoms with Crippen molar-refractivity contribution in [1.29, 1.82) is 0 Å². The Balaban J connectivity index is 2.43. The van der Waals surface area contributed by atoms with Gasteiger partial charge in [0.15, 0.2) is 0 Å². The lowest BCUT2D eigenvalue weighted by atomic mass is 10.0. The maximum absolute atomic E-state index is 13.8. The van der Waals surface area contributed by atoms with Gasteiger partial charge in [0, 0.05) is 22.3 Å². The quantitative estimate of drug-likeness (QED) is 0.587. The number of carbonyl (C=O) groups is 1. The predicted octanol–water partition coefficient (Wildman–Crippen LogP) is 5.78. The van der Waals surface area contributed by atoms with E-state index in [0.29, 0.717) is 40.3 Å². The molecule has 0 saturated carbocycles. The highest BCUT2D eigenvalue weighted by Gasteiger charge is 2.19. The van der Waals surface area contributed by atoms with Gasteiger partial charge in [-0.1, -0.05) is 11.6 Å². The van der Waals surface area contributed by atoms with E-state index in [-0.39, 0.29) is 5.54 Å². The van der Waals surface area contributed by atoms with E-state index in [9.17, 15) is 9.18 Å². The maximum Gasteiger partial charge on any atom is 0.282 e. The van der Waals surface area contributed by atoms with Gasteiger partial charge in [-0.05, 0) is 83.6 Å². The molecule has 0 unspecified atom stereocenters. The first-order valence-electron chi connectivity index (χ1n) is 9.24. The molecule has 0 aliphatic heterocycles. The van der Waals surface area contributed by atoms with Crippen LogP contribution in [-0.4, -0.2) is 22.6 Å². The number of alkyl halides is 1. The average molecular weight is 427 g/mol. The Morgan fingerprint density at radius 1 is 1.29 bits per heavy atom. The van der Waals surface area contributed by atoms with Crippen molar-refractivity contribution >= 4 is 29.0 Å². The maximum atomic E-state index is 13.8. The minimum absolute atomic E-state index is 0.136. The number of halogens is 2. The van der Waals surface area contributed by atoms with E-state index in [1.165, 1.54) is 18.6 Å². The highest BCUT2D eigenvalue weighted by Crippen LogP contribution is 2.24. The van der Waals surface area contributed by atoms with Crippen molar-refractivity contribution in [3.05, 3.63) is 45.2 Å². The van der Waals surface area contributed by atoms with E-state index >= 15 is 0 Å². The number of aryl methyl sites for hydroxylation is 1. The zero-order valence-corrected chi connectivity index (χ0v) is 18.9. The third kappa shape index (κ3) is 6.17. The second kappa shape index (κ2) is 8.78. The van der Waals surface area contributed by atoms with Crippen molar-refractivity contribution in [3.63, 3.8) is 0 Å². The largest absolute Gasteiger partial charge is 0.496 e. The van der Waals surface area contributed by atoms with Crippen LogP contribution in [0.15, 0.2) is 29.4 Å². The molecule has 1 aromatic carbocycles. The number of aromatic nitrogens is 1. The topological polar surface area (TPSA) is 43.6 Å². The van der Waals surface area contributed by atoms with Crippen molar-refractivity contribution in [3.8, 4) is 5.75 Å². The van der Waals surface area contributed by atoms with Gasteiger partial charge in [0.2, 0.25) is 0 Å². The van der Waals surface area contributed by atoms with Crippen molar-refractivity contribution in [1.82, 2.24) is 3.96 Å². The Hall–Kier alpha value is -1.66. The Morgan fingerprint density at radius 3 is 2.54 bits per heavy atom. The van der Waals surface area contributed by atoms with E-state index in [2.05, 4.69) is 29.7 Å². The molecule has 4 nitrogen and oxygen atoms in total. The van der Waals surface area contributed by atoms with Crippen LogP contribution in [0.1, 0.15) is 63.4 Å². The number of methoxy groups -OCH3 is 1.